The molecule has 2 heterocycles. The molecule has 2 rings (SSSR count). The topological polar surface area (TPSA) is 71.2 Å². The molecule has 1 aliphatic rings. The number of nitrogen functional groups attached to an aromatic ring is 1. The lowest BCUT2D eigenvalue weighted by atomic mass is 10.1. The monoisotopic (exact) mass is 310 g/mol. The molecule has 1 aliphatic heterocycles. The number of hydrogen-bond acceptors (Lipinski definition) is 5. The summed E-state index contributed by atoms with van der Waals surface area (Å²) >= 11 is 1.37. The van der Waals surface area contributed by atoms with Gasteiger partial charge in [-0.3, -0.25) is 4.79 Å². The number of thiazole rings is 1. The minimum atomic E-state index is 0.0514. The number of hydrogen-bond donors (Lipinski definition) is 2. The van der Waals surface area contributed by atoms with Gasteiger partial charge in [-0.25, -0.2) is 4.98 Å². The predicted molar refractivity (Wildman–Crippen MR) is 88.9 cm³/mol. The molecule has 0 spiro atoms. The van der Waals surface area contributed by atoms with Gasteiger partial charge in [0.05, 0.1) is 0 Å². The average Bonchev–Trinajstić information content (AvgIpc) is 2.65. The molecule has 1 amide bonds. The molecule has 1 atom stereocenters. The lowest BCUT2D eigenvalue weighted by molar-refractivity contribution is 0.0684. The van der Waals surface area contributed by atoms with Gasteiger partial charge >= 0.3 is 0 Å². The summed E-state index contributed by atoms with van der Waals surface area (Å²) in [4.78, 5) is 19.7. The zero-order valence-electron chi connectivity index (χ0n) is 13.2. The Hall–Kier alpha value is -1.30. The molecule has 0 radical (unpaired) electrons. The second-order valence-corrected chi connectivity index (χ2v) is 6.94. The van der Waals surface area contributed by atoms with Crippen LogP contribution in [0.5, 0.6) is 0 Å². The SMILES string of the molecule is CCC1CCCCCN1C(=O)c1sc(NC(C)C)nc1N. The molecule has 1 saturated heterocycles. The Kier molecular flexibility index (Phi) is 5.45. The van der Waals surface area contributed by atoms with E-state index in [0.29, 0.717) is 16.7 Å². The largest absolute Gasteiger partial charge is 0.382 e. The summed E-state index contributed by atoms with van der Waals surface area (Å²) in [5.74, 6) is 0.405. The third-order valence-corrected chi connectivity index (χ3v) is 4.86. The quantitative estimate of drug-likeness (QED) is 0.894. The van der Waals surface area contributed by atoms with Gasteiger partial charge in [-0.05, 0) is 33.1 Å². The van der Waals surface area contributed by atoms with E-state index in [9.17, 15) is 4.79 Å². The van der Waals surface area contributed by atoms with E-state index in [1.165, 1.54) is 24.2 Å². The highest BCUT2D eigenvalue weighted by Gasteiger charge is 2.28. The summed E-state index contributed by atoms with van der Waals surface area (Å²) in [7, 11) is 0. The van der Waals surface area contributed by atoms with Gasteiger partial charge in [0, 0.05) is 18.6 Å². The maximum absolute atomic E-state index is 12.8. The number of nitrogens with two attached hydrogens (primary N) is 1. The van der Waals surface area contributed by atoms with Crippen molar-refractivity contribution in [3.05, 3.63) is 4.88 Å². The van der Waals surface area contributed by atoms with Crippen molar-refractivity contribution in [2.75, 3.05) is 17.6 Å². The molecule has 6 heteroatoms. The molecule has 118 valence electrons. The molecule has 21 heavy (non-hydrogen) atoms. The van der Waals surface area contributed by atoms with Crippen LogP contribution in [-0.4, -0.2) is 34.4 Å². The van der Waals surface area contributed by atoms with Crippen molar-refractivity contribution in [3.63, 3.8) is 0 Å². The van der Waals surface area contributed by atoms with Gasteiger partial charge in [0.25, 0.3) is 5.91 Å². The zero-order chi connectivity index (χ0) is 15.4. The highest BCUT2D eigenvalue weighted by atomic mass is 32.1. The lowest BCUT2D eigenvalue weighted by Crippen LogP contribution is -2.39. The van der Waals surface area contributed by atoms with Gasteiger partial charge in [-0.15, -0.1) is 0 Å². The summed E-state index contributed by atoms with van der Waals surface area (Å²) in [5.41, 5.74) is 5.96. The fourth-order valence-electron chi connectivity index (χ4n) is 2.79. The van der Waals surface area contributed by atoms with Crippen LogP contribution in [0.25, 0.3) is 0 Å². The van der Waals surface area contributed by atoms with Crippen molar-refractivity contribution < 1.29 is 4.79 Å². The lowest BCUT2D eigenvalue weighted by Gasteiger charge is -2.28. The third-order valence-electron chi connectivity index (χ3n) is 3.87. The van der Waals surface area contributed by atoms with Crippen molar-refractivity contribution in [3.8, 4) is 0 Å². The molecular formula is C15H26N4OS. The van der Waals surface area contributed by atoms with Crippen LogP contribution in [0.1, 0.15) is 62.5 Å². The Labute approximate surface area is 130 Å². The van der Waals surface area contributed by atoms with Crippen molar-refractivity contribution in [1.29, 1.82) is 0 Å². The van der Waals surface area contributed by atoms with Gasteiger partial charge in [0.15, 0.2) is 5.13 Å². The minimum Gasteiger partial charge on any atom is -0.382 e. The first-order valence-electron chi connectivity index (χ1n) is 7.86. The summed E-state index contributed by atoms with van der Waals surface area (Å²) in [5, 5.41) is 3.95. The molecule has 0 aliphatic carbocycles. The van der Waals surface area contributed by atoms with Gasteiger partial charge in [-0.1, -0.05) is 31.1 Å². The number of nitrogens with one attached hydrogen (secondary N) is 1. The van der Waals surface area contributed by atoms with Crippen LogP contribution in [0.15, 0.2) is 0 Å². The van der Waals surface area contributed by atoms with Crippen molar-refractivity contribution in [2.24, 2.45) is 0 Å². The van der Waals surface area contributed by atoms with Gasteiger partial charge in [0.2, 0.25) is 0 Å². The smallest absolute Gasteiger partial charge is 0.268 e. The van der Waals surface area contributed by atoms with E-state index in [4.69, 9.17) is 5.73 Å². The highest BCUT2D eigenvalue weighted by molar-refractivity contribution is 7.18. The van der Waals surface area contributed by atoms with E-state index in [0.717, 1.165) is 30.9 Å². The number of anilines is 2. The first-order valence-corrected chi connectivity index (χ1v) is 8.68. The van der Waals surface area contributed by atoms with Crippen LogP contribution in [0.3, 0.4) is 0 Å². The van der Waals surface area contributed by atoms with E-state index >= 15 is 0 Å². The van der Waals surface area contributed by atoms with Crippen LogP contribution >= 0.6 is 11.3 Å². The molecule has 5 nitrogen and oxygen atoms in total. The molecular weight excluding hydrogens is 284 g/mol. The standard InChI is InChI=1S/C15H26N4OS/c1-4-11-8-6-5-7-9-19(11)14(20)12-13(16)18-15(21-12)17-10(2)3/h10-11H,4-9,16H2,1-3H3,(H,17,18). The van der Waals surface area contributed by atoms with Crippen LogP contribution < -0.4 is 11.1 Å². The Bertz CT molecular complexity index is 486. The Balaban J connectivity index is 2.19. The molecule has 1 aromatic rings. The number of amides is 1. The van der Waals surface area contributed by atoms with Crippen molar-refractivity contribution >= 4 is 28.2 Å². The highest BCUT2D eigenvalue weighted by Crippen LogP contribution is 2.29. The number of aromatic nitrogens is 1. The van der Waals surface area contributed by atoms with E-state index in [1.807, 2.05) is 18.7 Å². The van der Waals surface area contributed by atoms with E-state index in [1.54, 1.807) is 0 Å². The number of carbonyl (C=O) groups excluding carboxylic acids is 1. The molecule has 1 aromatic heterocycles. The number of nitrogens with zero attached hydrogens (tertiary/aromatic N) is 2. The molecule has 0 saturated carbocycles. The normalized spacial score (nSPS) is 19.6. The number of carbonyl (C=O) groups is 1. The van der Waals surface area contributed by atoms with Crippen LogP contribution in [0, 0.1) is 0 Å². The first-order chi connectivity index (χ1) is 10.0. The minimum absolute atomic E-state index is 0.0514. The number of rotatable bonds is 4. The average molecular weight is 310 g/mol. The maximum atomic E-state index is 12.8. The summed E-state index contributed by atoms with van der Waals surface area (Å²) in [6.07, 6.45) is 5.59. The zero-order valence-corrected chi connectivity index (χ0v) is 14.0. The fourth-order valence-corrected chi connectivity index (χ4v) is 3.78. The van der Waals surface area contributed by atoms with E-state index < -0.39 is 0 Å². The van der Waals surface area contributed by atoms with Crippen LogP contribution in [-0.2, 0) is 0 Å². The van der Waals surface area contributed by atoms with Crippen molar-refractivity contribution in [1.82, 2.24) is 9.88 Å². The maximum Gasteiger partial charge on any atom is 0.268 e. The molecule has 0 aromatic carbocycles. The Morgan fingerprint density at radius 1 is 1.48 bits per heavy atom. The predicted octanol–water partition coefficient (Wildman–Crippen LogP) is 3.34. The van der Waals surface area contributed by atoms with Gasteiger partial charge in [0.1, 0.15) is 10.7 Å². The molecule has 0 bridgehead atoms. The molecule has 3 N–H and O–H groups in total. The van der Waals surface area contributed by atoms with Gasteiger partial charge < -0.3 is 16.0 Å². The second kappa shape index (κ2) is 7.11. The first kappa shape index (κ1) is 16.1. The van der Waals surface area contributed by atoms with Crippen molar-refractivity contribution in [2.45, 2.75) is 65.0 Å². The molecule has 1 unspecified atom stereocenters. The third kappa shape index (κ3) is 3.87. The summed E-state index contributed by atoms with van der Waals surface area (Å²) in [6, 6.07) is 0.614. The van der Waals surface area contributed by atoms with Crippen LogP contribution in [0.4, 0.5) is 10.9 Å². The van der Waals surface area contributed by atoms with E-state index in [2.05, 4.69) is 17.2 Å². The number of likely N-dealkylation sites (tertiary alicyclic amines) is 1. The van der Waals surface area contributed by atoms with Gasteiger partial charge in [-0.2, -0.15) is 0 Å². The fraction of sp³-hybridized carbons (Fsp3) is 0.733. The summed E-state index contributed by atoms with van der Waals surface area (Å²) < 4.78 is 0. The molecule has 1 fully saturated rings. The summed E-state index contributed by atoms with van der Waals surface area (Å²) in [6.45, 7) is 7.07. The second-order valence-electron chi connectivity index (χ2n) is 5.94. The van der Waals surface area contributed by atoms with Crippen LogP contribution in [0.2, 0.25) is 0 Å². The Morgan fingerprint density at radius 2 is 2.24 bits per heavy atom. The van der Waals surface area contributed by atoms with E-state index in [-0.39, 0.29) is 11.9 Å². The Morgan fingerprint density at radius 3 is 2.90 bits per heavy atom.